The monoisotopic (exact) mass is 498 g/mol. The van der Waals surface area contributed by atoms with E-state index in [9.17, 15) is 13.2 Å². The van der Waals surface area contributed by atoms with Crippen LogP contribution in [0.2, 0.25) is 0 Å². The van der Waals surface area contributed by atoms with Crippen LogP contribution in [0.4, 0.5) is 5.82 Å². The number of sulfonamides is 1. The quantitative estimate of drug-likeness (QED) is 0.658. The lowest BCUT2D eigenvalue weighted by Crippen LogP contribution is -2.42. The van der Waals surface area contributed by atoms with Gasteiger partial charge in [0.05, 0.1) is 18.1 Å². The highest BCUT2D eigenvalue weighted by atomic mass is 32.2. The van der Waals surface area contributed by atoms with Gasteiger partial charge in [0.15, 0.2) is 0 Å². The van der Waals surface area contributed by atoms with Gasteiger partial charge in [-0.1, -0.05) is 12.1 Å². The Morgan fingerprint density at radius 1 is 1.00 bits per heavy atom. The predicted molar refractivity (Wildman–Crippen MR) is 134 cm³/mol. The summed E-state index contributed by atoms with van der Waals surface area (Å²) < 4.78 is 33.3. The topological polar surface area (TPSA) is 91.8 Å². The smallest absolute Gasteiger partial charge is 0.243 e. The lowest BCUT2D eigenvalue weighted by molar-refractivity contribution is -0.126. The van der Waals surface area contributed by atoms with Gasteiger partial charge in [0.1, 0.15) is 5.82 Å². The van der Waals surface area contributed by atoms with Gasteiger partial charge in [-0.3, -0.25) is 4.79 Å². The van der Waals surface area contributed by atoms with E-state index in [1.807, 2.05) is 24.3 Å². The Labute approximate surface area is 207 Å². The van der Waals surface area contributed by atoms with Gasteiger partial charge < -0.3 is 15.0 Å². The number of hydrogen-bond acceptors (Lipinski definition) is 6. The molecule has 0 bridgehead atoms. The van der Waals surface area contributed by atoms with Crippen LogP contribution >= 0.6 is 0 Å². The minimum Gasteiger partial charge on any atom is -0.378 e. The van der Waals surface area contributed by atoms with Crippen molar-refractivity contribution in [2.75, 3.05) is 44.3 Å². The van der Waals surface area contributed by atoms with Gasteiger partial charge in [0.25, 0.3) is 0 Å². The molecule has 1 aromatic heterocycles. The minimum atomic E-state index is -3.53. The first kappa shape index (κ1) is 24.2. The van der Waals surface area contributed by atoms with Crippen LogP contribution in [0.1, 0.15) is 42.4 Å². The summed E-state index contributed by atoms with van der Waals surface area (Å²) in [4.78, 5) is 19.9. The number of fused-ring (bicyclic) bond motifs is 1. The van der Waals surface area contributed by atoms with Crippen LogP contribution in [-0.4, -0.2) is 63.0 Å². The molecule has 5 rings (SSSR count). The molecule has 8 nitrogen and oxygen atoms in total. The number of morpholine rings is 1. The van der Waals surface area contributed by atoms with Crippen molar-refractivity contribution in [1.82, 2.24) is 14.6 Å². The van der Waals surface area contributed by atoms with Gasteiger partial charge in [-0.05, 0) is 73.4 Å². The van der Waals surface area contributed by atoms with Gasteiger partial charge >= 0.3 is 0 Å². The lowest BCUT2D eigenvalue weighted by Gasteiger charge is -2.31. The van der Waals surface area contributed by atoms with E-state index in [-0.39, 0.29) is 11.8 Å². The molecule has 3 heterocycles. The first-order valence-electron chi connectivity index (χ1n) is 12.7. The summed E-state index contributed by atoms with van der Waals surface area (Å²) in [5.74, 6) is 0.731. The van der Waals surface area contributed by atoms with Gasteiger partial charge in [-0.2, -0.15) is 4.31 Å². The summed E-state index contributed by atoms with van der Waals surface area (Å²) in [6.07, 6.45) is 7.14. The summed E-state index contributed by atoms with van der Waals surface area (Å²) in [6, 6.07) is 9.56. The minimum absolute atomic E-state index is 0.0203. The lowest BCUT2D eigenvalue weighted by atomic mass is 9.92. The van der Waals surface area contributed by atoms with Crippen LogP contribution in [0.3, 0.4) is 0 Å². The first-order chi connectivity index (χ1) is 17.0. The Morgan fingerprint density at radius 3 is 2.46 bits per heavy atom. The zero-order chi connectivity index (χ0) is 24.3. The molecule has 2 aromatic rings. The van der Waals surface area contributed by atoms with Crippen LogP contribution in [0.15, 0.2) is 41.4 Å². The average Bonchev–Trinajstić information content (AvgIpc) is 2.92. The van der Waals surface area contributed by atoms with Crippen LogP contribution in [0, 0.1) is 5.92 Å². The zero-order valence-corrected chi connectivity index (χ0v) is 20.9. The number of nitrogens with zero attached hydrogens (tertiary/aromatic N) is 3. The second-order valence-electron chi connectivity index (χ2n) is 9.66. The zero-order valence-electron chi connectivity index (χ0n) is 20.1. The summed E-state index contributed by atoms with van der Waals surface area (Å²) in [6.45, 7) is 4.26. The Bertz CT molecular complexity index is 1140. The number of hydrogen-bond donors (Lipinski definition) is 1. The van der Waals surface area contributed by atoms with E-state index in [0.29, 0.717) is 50.6 Å². The molecule has 2 saturated heterocycles. The number of anilines is 1. The Morgan fingerprint density at radius 2 is 1.74 bits per heavy atom. The number of carbonyl (C=O) groups is 1. The van der Waals surface area contributed by atoms with E-state index in [1.165, 1.54) is 21.9 Å². The molecule has 0 unspecified atom stereocenters. The molecule has 1 amide bonds. The molecule has 2 fully saturated rings. The summed E-state index contributed by atoms with van der Waals surface area (Å²) >= 11 is 0. The fraction of sp³-hybridized carbons (Fsp3) is 0.538. The highest BCUT2D eigenvalue weighted by Crippen LogP contribution is 2.28. The van der Waals surface area contributed by atoms with E-state index in [2.05, 4.69) is 15.2 Å². The maximum atomic E-state index is 13.2. The number of aromatic nitrogens is 1. The molecule has 0 radical (unpaired) electrons. The van der Waals surface area contributed by atoms with Crippen LogP contribution in [0.25, 0.3) is 0 Å². The molecule has 2 aliphatic heterocycles. The molecule has 0 atom stereocenters. The number of benzene rings is 1. The van der Waals surface area contributed by atoms with Crippen molar-refractivity contribution in [2.24, 2.45) is 5.92 Å². The maximum Gasteiger partial charge on any atom is 0.243 e. The van der Waals surface area contributed by atoms with E-state index < -0.39 is 10.0 Å². The molecule has 0 spiro atoms. The van der Waals surface area contributed by atoms with Gasteiger partial charge in [0, 0.05) is 44.8 Å². The standard InChI is InChI=1S/C26H34N4O4S/c31-26(28-19-20-5-8-25(27-18-20)29-13-15-34-16-14-29)22-9-11-30(12-10-22)35(32,33)24-7-6-21-3-1-2-4-23(21)17-24/h5-8,17-18,22H,1-4,9-16,19H2,(H,28,31). The number of pyridine rings is 1. The Hall–Kier alpha value is -2.49. The summed E-state index contributed by atoms with van der Waals surface area (Å²) in [5.41, 5.74) is 3.39. The third kappa shape index (κ3) is 5.52. The highest BCUT2D eigenvalue weighted by Gasteiger charge is 2.32. The number of carbonyl (C=O) groups excluding carboxylic acids is 1. The Balaban J connectivity index is 1.12. The number of nitrogens with one attached hydrogen (secondary N) is 1. The number of rotatable bonds is 6. The fourth-order valence-corrected chi connectivity index (χ4v) is 6.73. The predicted octanol–water partition coefficient (Wildman–Crippen LogP) is 2.51. The third-order valence-corrected chi connectivity index (χ3v) is 9.29. The summed E-state index contributed by atoms with van der Waals surface area (Å²) in [7, 11) is -3.53. The number of piperidine rings is 1. The van der Waals surface area contributed by atoms with Gasteiger partial charge in [-0.25, -0.2) is 13.4 Å². The molecule has 3 aliphatic rings. The SMILES string of the molecule is O=C(NCc1ccc(N2CCOCC2)nc1)C1CCN(S(=O)(=O)c2ccc3c(c2)CCCC3)CC1. The second kappa shape index (κ2) is 10.6. The third-order valence-electron chi connectivity index (χ3n) is 7.39. The maximum absolute atomic E-state index is 13.2. The molecule has 0 saturated carbocycles. The van der Waals surface area contributed by atoms with E-state index in [1.54, 1.807) is 12.3 Å². The van der Waals surface area contributed by atoms with Gasteiger partial charge in [-0.15, -0.1) is 0 Å². The van der Waals surface area contributed by atoms with Crippen molar-refractivity contribution in [3.63, 3.8) is 0 Å². The van der Waals surface area contributed by atoms with Gasteiger partial charge in [0.2, 0.25) is 15.9 Å². The summed E-state index contributed by atoms with van der Waals surface area (Å²) in [5, 5.41) is 3.01. The number of ether oxygens (including phenoxy) is 1. The van der Waals surface area contributed by atoms with Crippen molar-refractivity contribution in [1.29, 1.82) is 0 Å². The molecule has 1 N–H and O–H groups in total. The average molecular weight is 499 g/mol. The molecular weight excluding hydrogens is 464 g/mol. The molecule has 188 valence electrons. The first-order valence-corrected chi connectivity index (χ1v) is 14.1. The van der Waals surface area contributed by atoms with E-state index in [0.717, 1.165) is 43.7 Å². The van der Waals surface area contributed by atoms with Crippen molar-refractivity contribution in [3.8, 4) is 0 Å². The van der Waals surface area contributed by atoms with Crippen LogP contribution < -0.4 is 10.2 Å². The van der Waals surface area contributed by atoms with Crippen molar-refractivity contribution >= 4 is 21.7 Å². The Kier molecular flexibility index (Phi) is 7.36. The highest BCUT2D eigenvalue weighted by molar-refractivity contribution is 7.89. The van der Waals surface area contributed by atoms with Crippen LogP contribution in [0.5, 0.6) is 0 Å². The normalized spacial score (nSPS) is 19.8. The number of aryl methyl sites for hydroxylation is 2. The second-order valence-corrected chi connectivity index (χ2v) is 11.6. The molecular formula is C26H34N4O4S. The molecule has 35 heavy (non-hydrogen) atoms. The largest absolute Gasteiger partial charge is 0.378 e. The van der Waals surface area contributed by atoms with Crippen molar-refractivity contribution in [3.05, 3.63) is 53.2 Å². The number of amides is 1. The van der Waals surface area contributed by atoms with Crippen molar-refractivity contribution in [2.45, 2.75) is 50.0 Å². The van der Waals surface area contributed by atoms with Crippen molar-refractivity contribution < 1.29 is 17.9 Å². The van der Waals surface area contributed by atoms with E-state index in [4.69, 9.17) is 4.74 Å². The molecule has 1 aliphatic carbocycles. The molecule has 1 aromatic carbocycles. The van der Waals surface area contributed by atoms with Crippen LogP contribution in [-0.2, 0) is 38.9 Å². The molecule has 9 heteroatoms. The van der Waals surface area contributed by atoms with E-state index >= 15 is 0 Å². The fourth-order valence-electron chi connectivity index (χ4n) is 5.21.